The standard InChI is InChI=1S/C14H20ClNO2/c1-4-10(5-2)9(3)16-12-8-6-7-11(15)13(12)14(17)18/h6-10,16H,4-5H2,1-3H3,(H,17,18). The molecule has 2 N–H and O–H groups in total. The number of aromatic carboxylic acids is 1. The lowest BCUT2D eigenvalue weighted by molar-refractivity contribution is 0.0698. The zero-order chi connectivity index (χ0) is 13.7. The van der Waals surface area contributed by atoms with Gasteiger partial charge in [-0.05, 0) is 25.0 Å². The molecule has 1 aromatic carbocycles. The second-order valence-corrected chi connectivity index (χ2v) is 4.88. The van der Waals surface area contributed by atoms with E-state index in [4.69, 9.17) is 11.6 Å². The molecule has 1 aromatic rings. The van der Waals surface area contributed by atoms with Crippen molar-refractivity contribution in [2.24, 2.45) is 5.92 Å². The van der Waals surface area contributed by atoms with E-state index in [9.17, 15) is 9.90 Å². The molecule has 4 heteroatoms. The maximum atomic E-state index is 11.2. The average Bonchev–Trinajstić information content (AvgIpc) is 2.30. The van der Waals surface area contributed by atoms with Crippen molar-refractivity contribution in [3.8, 4) is 0 Å². The van der Waals surface area contributed by atoms with Gasteiger partial charge in [0.2, 0.25) is 0 Å². The van der Waals surface area contributed by atoms with Gasteiger partial charge in [-0.2, -0.15) is 0 Å². The van der Waals surface area contributed by atoms with Gasteiger partial charge in [-0.1, -0.05) is 44.4 Å². The van der Waals surface area contributed by atoms with Crippen LogP contribution >= 0.6 is 11.6 Å². The second kappa shape index (κ2) is 6.64. The van der Waals surface area contributed by atoms with Crippen molar-refractivity contribution in [2.75, 3.05) is 5.32 Å². The van der Waals surface area contributed by atoms with Crippen LogP contribution in [0.4, 0.5) is 5.69 Å². The van der Waals surface area contributed by atoms with Gasteiger partial charge in [0.25, 0.3) is 0 Å². The predicted octanol–water partition coefficient (Wildman–Crippen LogP) is 4.27. The zero-order valence-electron chi connectivity index (χ0n) is 11.0. The summed E-state index contributed by atoms with van der Waals surface area (Å²) in [5, 5.41) is 12.7. The van der Waals surface area contributed by atoms with Gasteiger partial charge in [-0.15, -0.1) is 0 Å². The van der Waals surface area contributed by atoms with Crippen LogP contribution in [0.2, 0.25) is 5.02 Å². The summed E-state index contributed by atoms with van der Waals surface area (Å²) in [6, 6.07) is 5.33. The normalized spacial score (nSPS) is 12.5. The Morgan fingerprint density at radius 2 is 2.00 bits per heavy atom. The molecule has 0 aliphatic heterocycles. The molecule has 1 unspecified atom stereocenters. The van der Waals surface area contributed by atoms with Gasteiger partial charge in [-0.25, -0.2) is 4.79 Å². The van der Waals surface area contributed by atoms with Gasteiger partial charge >= 0.3 is 5.97 Å². The van der Waals surface area contributed by atoms with Crippen molar-refractivity contribution < 1.29 is 9.90 Å². The van der Waals surface area contributed by atoms with Gasteiger partial charge in [0.1, 0.15) is 5.56 Å². The Morgan fingerprint density at radius 3 is 2.50 bits per heavy atom. The van der Waals surface area contributed by atoms with Gasteiger partial charge in [0.15, 0.2) is 0 Å². The molecule has 0 fully saturated rings. The van der Waals surface area contributed by atoms with Crippen LogP contribution in [-0.2, 0) is 0 Å². The smallest absolute Gasteiger partial charge is 0.339 e. The van der Waals surface area contributed by atoms with E-state index in [1.54, 1.807) is 18.2 Å². The molecule has 0 saturated heterocycles. The van der Waals surface area contributed by atoms with Crippen LogP contribution in [0.1, 0.15) is 44.0 Å². The number of anilines is 1. The highest BCUT2D eigenvalue weighted by Crippen LogP contribution is 2.26. The number of benzene rings is 1. The number of carboxylic acids is 1. The van der Waals surface area contributed by atoms with Crippen LogP contribution in [0.5, 0.6) is 0 Å². The number of hydrogen-bond donors (Lipinski definition) is 2. The Bertz CT molecular complexity index is 416. The maximum absolute atomic E-state index is 11.2. The molecule has 1 atom stereocenters. The van der Waals surface area contributed by atoms with Gasteiger partial charge in [0.05, 0.1) is 10.7 Å². The number of carbonyl (C=O) groups is 1. The summed E-state index contributed by atoms with van der Waals surface area (Å²) in [5.41, 5.74) is 0.742. The Labute approximate surface area is 113 Å². The third-order valence-electron chi connectivity index (χ3n) is 3.37. The average molecular weight is 270 g/mol. The molecule has 0 spiro atoms. The lowest BCUT2D eigenvalue weighted by Crippen LogP contribution is -2.26. The van der Waals surface area contributed by atoms with E-state index in [1.807, 2.05) is 0 Å². The summed E-state index contributed by atoms with van der Waals surface area (Å²) in [6.45, 7) is 6.36. The second-order valence-electron chi connectivity index (χ2n) is 4.48. The largest absolute Gasteiger partial charge is 0.478 e. The Morgan fingerprint density at radius 1 is 1.39 bits per heavy atom. The fourth-order valence-corrected chi connectivity index (χ4v) is 2.48. The van der Waals surface area contributed by atoms with Crippen molar-refractivity contribution in [2.45, 2.75) is 39.7 Å². The minimum absolute atomic E-state index is 0.150. The maximum Gasteiger partial charge on any atom is 0.339 e. The summed E-state index contributed by atoms with van der Waals surface area (Å²) in [4.78, 5) is 11.2. The molecule has 3 nitrogen and oxygen atoms in total. The number of hydrogen-bond acceptors (Lipinski definition) is 2. The fourth-order valence-electron chi connectivity index (χ4n) is 2.22. The van der Waals surface area contributed by atoms with E-state index in [-0.39, 0.29) is 16.6 Å². The Hall–Kier alpha value is -1.22. The number of carboxylic acid groups (broad SMARTS) is 1. The fraction of sp³-hybridized carbons (Fsp3) is 0.500. The molecule has 0 saturated carbocycles. The molecule has 0 amide bonds. The monoisotopic (exact) mass is 269 g/mol. The molecule has 18 heavy (non-hydrogen) atoms. The SMILES string of the molecule is CCC(CC)C(C)Nc1cccc(Cl)c1C(=O)O. The molecular formula is C14H20ClNO2. The van der Waals surface area contributed by atoms with Gasteiger partial charge in [0, 0.05) is 6.04 Å². The first-order valence-corrected chi connectivity index (χ1v) is 6.67. The van der Waals surface area contributed by atoms with Crippen LogP contribution in [0.3, 0.4) is 0 Å². The molecule has 0 aromatic heterocycles. The van der Waals surface area contributed by atoms with Crippen molar-refractivity contribution >= 4 is 23.3 Å². The summed E-state index contributed by atoms with van der Waals surface area (Å²) in [5.74, 6) is -0.481. The molecule has 100 valence electrons. The minimum atomic E-state index is -1.00. The van der Waals surface area contributed by atoms with E-state index in [2.05, 4.69) is 26.1 Å². The van der Waals surface area contributed by atoms with Crippen molar-refractivity contribution in [1.82, 2.24) is 0 Å². The first-order valence-electron chi connectivity index (χ1n) is 6.29. The van der Waals surface area contributed by atoms with Crippen LogP contribution in [0, 0.1) is 5.92 Å². The first kappa shape index (κ1) is 14.8. The van der Waals surface area contributed by atoms with Crippen LogP contribution in [-0.4, -0.2) is 17.1 Å². The third-order valence-corrected chi connectivity index (χ3v) is 3.68. The quantitative estimate of drug-likeness (QED) is 0.811. The summed E-state index contributed by atoms with van der Waals surface area (Å²) < 4.78 is 0. The molecule has 0 bridgehead atoms. The Kier molecular flexibility index (Phi) is 5.48. The highest BCUT2D eigenvalue weighted by atomic mass is 35.5. The van der Waals surface area contributed by atoms with Crippen molar-refractivity contribution in [3.05, 3.63) is 28.8 Å². The summed E-state index contributed by atoms with van der Waals surface area (Å²) in [6.07, 6.45) is 2.13. The van der Waals surface area contributed by atoms with Gasteiger partial charge in [-0.3, -0.25) is 0 Å². The molecule has 1 rings (SSSR count). The van der Waals surface area contributed by atoms with Crippen LogP contribution in [0.15, 0.2) is 18.2 Å². The van der Waals surface area contributed by atoms with Crippen molar-refractivity contribution in [3.63, 3.8) is 0 Å². The molecule has 0 aliphatic rings. The molecule has 0 radical (unpaired) electrons. The Balaban J connectivity index is 2.97. The van der Waals surface area contributed by atoms with E-state index < -0.39 is 5.97 Å². The lowest BCUT2D eigenvalue weighted by Gasteiger charge is -2.24. The third kappa shape index (κ3) is 3.39. The van der Waals surface area contributed by atoms with E-state index in [0.29, 0.717) is 11.6 Å². The number of nitrogens with one attached hydrogen (secondary N) is 1. The molecular weight excluding hydrogens is 250 g/mol. The number of rotatable bonds is 6. The highest BCUT2D eigenvalue weighted by molar-refractivity contribution is 6.34. The summed E-state index contributed by atoms with van der Waals surface area (Å²) in [7, 11) is 0. The van der Waals surface area contributed by atoms with Gasteiger partial charge < -0.3 is 10.4 Å². The lowest BCUT2D eigenvalue weighted by atomic mass is 9.95. The van der Waals surface area contributed by atoms with E-state index in [0.717, 1.165) is 12.8 Å². The van der Waals surface area contributed by atoms with Crippen molar-refractivity contribution in [1.29, 1.82) is 0 Å². The number of halogens is 1. The predicted molar refractivity (Wildman–Crippen MR) is 75.6 cm³/mol. The van der Waals surface area contributed by atoms with Crippen LogP contribution in [0.25, 0.3) is 0 Å². The van der Waals surface area contributed by atoms with Crippen LogP contribution < -0.4 is 5.32 Å². The molecule has 0 aliphatic carbocycles. The topological polar surface area (TPSA) is 49.3 Å². The molecule has 0 heterocycles. The van der Waals surface area contributed by atoms with E-state index in [1.165, 1.54) is 0 Å². The zero-order valence-corrected chi connectivity index (χ0v) is 11.8. The first-order chi connectivity index (χ1) is 8.51. The summed E-state index contributed by atoms with van der Waals surface area (Å²) >= 11 is 5.93. The minimum Gasteiger partial charge on any atom is -0.478 e. The highest BCUT2D eigenvalue weighted by Gasteiger charge is 2.18. The van der Waals surface area contributed by atoms with E-state index >= 15 is 0 Å².